The summed E-state index contributed by atoms with van der Waals surface area (Å²) in [5, 5.41) is 16.4. The number of nitrogens with two attached hydrogens (primary N) is 1. The van der Waals surface area contributed by atoms with Crippen LogP contribution >= 0.6 is 0 Å². The molecule has 0 spiro atoms. The Morgan fingerprint density at radius 2 is 1.74 bits per heavy atom. The second-order valence-corrected chi connectivity index (χ2v) is 8.49. The van der Waals surface area contributed by atoms with Crippen molar-refractivity contribution in [3.8, 4) is 0 Å². The third kappa shape index (κ3) is 8.16. The molecule has 0 radical (unpaired) electrons. The van der Waals surface area contributed by atoms with E-state index in [1.807, 2.05) is 13.8 Å². The van der Waals surface area contributed by atoms with Crippen LogP contribution in [-0.4, -0.2) is 77.4 Å². The fourth-order valence-corrected chi connectivity index (χ4v) is 3.51. The van der Waals surface area contributed by atoms with E-state index in [2.05, 4.69) is 16.0 Å². The van der Waals surface area contributed by atoms with Gasteiger partial charge >= 0.3 is 5.97 Å². The molecule has 176 valence electrons. The third-order valence-electron chi connectivity index (χ3n) is 5.03. The minimum atomic E-state index is -1.17. The molecular weight excluding hydrogens is 406 g/mol. The van der Waals surface area contributed by atoms with Crippen molar-refractivity contribution in [3.63, 3.8) is 0 Å². The number of nitrogens with one attached hydrogen (secondary N) is 3. The molecule has 31 heavy (non-hydrogen) atoms. The zero-order valence-electron chi connectivity index (χ0n) is 18.6. The Hall–Kier alpha value is -2.69. The van der Waals surface area contributed by atoms with E-state index in [0.29, 0.717) is 25.8 Å². The summed E-state index contributed by atoms with van der Waals surface area (Å²) in [6.45, 7) is 6.90. The van der Waals surface area contributed by atoms with Gasteiger partial charge in [0.25, 0.3) is 0 Å². The summed E-state index contributed by atoms with van der Waals surface area (Å²) < 4.78 is 0. The molecule has 1 rings (SSSR count). The smallest absolute Gasteiger partial charge is 0.322 e. The van der Waals surface area contributed by atoms with Crippen LogP contribution in [0.2, 0.25) is 0 Å². The molecule has 1 fully saturated rings. The van der Waals surface area contributed by atoms with Crippen molar-refractivity contribution in [1.29, 1.82) is 0 Å². The number of carboxylic acids is 1. The predicted octanol–water partition coefficient (Wildman–Crippen LogP) is -1.19. The molecule has 4 amide bonds. The van der Waals surface area contributed by atoms with Crippen LogP contribution in [0.25, 0.3) is 0 Å². The van der Waals surface area contributed by atoms with E-state index in [1.54, 1.807) is 13.8 Å². The van der Waals surface area contributed by atoms with E-state index < -0.39 is 54.3 Å². The minimum absolute atomic E-state index is 0.0762. The number of carboxylic acid groups (broad SMARTS) is 1. The van der Waals surface area contributed by atoms with Gasteiger partial charge in [-0.2, -0.15) is 0 Å². The Bertz CT molecular complexity index is 681. The maximum Gasteiger partial charge on any atom is 0.322 e. The van der Waals surface area contributed by atoms with Crippen LogP contribution in [0.4, 0.5) is 0 Å². The molecule has 1 saturated heterocycles. The monoisotopic (exact) mass is 441 g/mol. The molecule has 0 unspecified atom stereocenters. The fraction of sp³-hybridized carbons (Fsp3) is 0.750. The number of likely N-dealkylation sites (tertiary alicyclic amines) is 1. The predicted molar refractivity (Wildman–Crippen MR) is 113 cm³/mol. The number of aliphatic carboxylic acids is 1. The van der Waals surface area contributed by atoms with Crippen molar-refractivity contribution in [2.45, 2.75) is 65.1 Å². The molecular formula is C20H35N5O6. The zero-order valence-corrected chi connectivity index (χ0v) is 18.6. The van der Waals surface area contributed by atoms with Gasteiger partial charge in [0, 0.05) is 6.54 Å². The van der Waals surface area contributed by atoms with Gasteiger partial charge in [-0.05, 0) is 31.1 Å². The maximum absolute atomic E-state index is 13.2. The van der Waals surface area contributed by atoms with Crippen LogP contribution < -0.4 is 21.7 Å². The summed E-state index contributed by atoms with van der Waals surface area (Å²) in [5.74, 6) is -3.23. The Morgan fingerprint density at radius 3 is 2.26 bits per heavy atom. The molecule has 1 aliphatic heterocycles. The summed E-state index contributed by atoms with van der Waals surface area (Å²) in [5.41, 5.74) is 5.33. The van der Waals surface area contributed by atoms with E-state index >= 15 is 0 Å². The van der Waals surface area contributed by atoms with Crippen molar-refractivity contribution in [2.24, 2.45) is 17.6 Å². The van der Waals surface area contributed by atoms with E-state index in [9.17, 15) is 24.0 Å². The number of rotatable bonds is 11. The molecule has 11 nitrogen and oxygen atoms in total. The van der Waals surface area contributed by atoms with Gasteiger partial charge in [-0.25, -0.2) is 0 Å². The third-order valence-corrected chi connectivity index (χ3v) is 5.03. The van der Waals surface area contributed by atoms with Crippen molar-refractivity contribution in [1.82, 2.24) is 20.9 Å². The normalized spacial score (nSPS) is 17.9. The Morgan fingerprint density at radius 1 is 1.10 bits per heavy atom. The summed E-state index contributed by atoms with van der Waals surface area (Å²) in [4.78, 5) is 62.3. The Kier molecular flexibility index (Phi) is 10.4. The SMILES string of the molecule is CC(C)C[C@H](NC(=O)[C@@H](NC(=O)CN)C(C)C)C(=O)N1CCC[C@H]1C(=O)NCC(=O)O. The van der Waals surface area contributed by atoms with Crippen molar-refractivity contribution < 1.29 is 29.1 Å². The zero-order chi connectivity index (χ0) is 23.7. The lowest BCUT2D eigenvalue weighted by atomic mass is 9.99. The first kappa shape index (κ1) is 26.3. The number of nitrogens with zero attached hydrogens (tertiary/aromatic N) is 1. The average molecular weight is 442 g/mol. The van der Waals surface area contributed by atoms with Crippen LogP contribution in [0.1, 0.15) is 47.0 Å². The molecule has 1 aliphatic rings. The number of carbonyl (C=O) groups is 5. The van der Waals surface area contributed by atoms with Gasteiger partial charge in [0.1, 0.15) is 24.7 Å². The second-order valence-electron chi connectivity index (χ2n) is 8.49. The topological polar surface area (TPSA) is 171 Å². The number of carbonyl (C=O) groups excluding carboxylic acids is 4. The molecule has 0 aromatic heterocycles. The lowest BCUT2D eigenvalue weighted by molar-refractivity contribution is -0.143. The molecule has 0 aliphatic carbocycles. The van der Waals surface area contributed by atoms with E-state index in [4.69, 9.17) is 10.8 Å². The highest BCUT2D eigenvalue weighted by Gasteiger charge is 2.38. The summed E-state index contributed by atoms with van der Waals surface area (Å²) in [6, 6.07) is -2.51. The van der Waals surface area contributed by atoms with Crippen LogP contribution in [0, 0.1) is 11.8 Å². The lowest BCUT2D eigenvalue weighted by Crippen LogP contribution is -2.58. The highest BCUT2D eigenvalue weighted by Crippen LogP contribution is 2.20. The first-order chi connectivity index (χ1) is 14.5. The highest BCUT2D eigenvalue weighted by atomic mass is 16.4. The molecule has 0 saturated carbocycles. The van der Waals surface area contributed by atoms with Crippen LogP contribution in [0.5, 0.6) is 0 Å². The highest BCUT2D eigenvalue weighted by molar-refractivity contribution is 5.95. The molecule has 1 heterocycles. The molecule has 11 heteroatoms. The van der Waals surface area contributed by atoms with Crippen molar-refractivity contribution >= 4 is 29.6 Å². The average Bonchev–Trinajstić information content (AvgIpc) is 3.17. The summed E-state index contributed by atoms with van der Waals surface area (Å²) in [7, 11) is 0. The number of amides is 4. The largest absolute Gasteiger partial charge is 0.480 e. The van der Waals surface area contributed by atoms with Crippen LogP contribution in [0.15, 0.2) is 0 Å². The quantitative estimate of drug-likeness (QED) is 0.268. The fourth-order valence-electron chi connectivity index (χ4n) is 3.51. The van der Waals surface area contributed by atoms with Gasteiger partial charge in [-0.1, -0.05) is 27.7 Å². The van der Waals surface area contributed by atoms with Crippen molar-refractivity contribution in [2.75, 3.05) is 19.6 Å². The van der Waals surface area contributed by atoms with Crippen LogP contribution in [-0.2, 0) is 24.0 Å². The molecule has 0 bridgehead atoms. The molecule has 0 aromatic carbocycles. The molecule has 0 aromatic rings. The van der Waals surface area contributed by atoms with E-state index in [-0.39, 0.29) is 18.4 Å². The minimum Gasteiger partial charge on any atom is -0.480 e. The Balaban J connectivity index is 2.97. The molecule has 3 atom stereocenters. The van der Waals surface area contributed by atoms with Gasteiger partial charge in [0.05, 0.1) is 6.54 Å². The van der Waals surface area contributed by atoms with Gasteiger partial charge in [-0.3, -0.25) is 24.0 Å². The van der Waals surface area contributed by atoms with E-state index in [1.165, 1.54) is 4.90 Å². The first-order valence-electron chi connectivity index (χ1n) is 10.6. The second kappa shape index (κ2) is 12.2. The van der Waals surface area contributed by atoms with E-state index in [0.717, 1.165) is 0 Å². The number of hydrogen-bond acceptors (Lipinski definition) is 6. The standard InChI is InChI=1S/C20H35N5O6/c1-11(2)8-13(23-19(30)17(12(3)4)24-15(26)9-21)20(31)25-7-5-6-14(25)18(29)22-10-16(27)28/h11-14,17H,5-10,21H2,1-4H3,(H,22,29)(H,23,30)(H,24,26)(H,27,28)/t13-,14-,17-/m0/s1. The number of hydrogen-bond donors (Lipinski definition) is 5. The first-order valence-corrected chi connectivity index (χ1v) is 10.6. The maximum atomic E-state index is 13.2. The van der Waals surface area contributed by atoms with Gasteiger partial charge in [-0.15, -0.1) is 0 Å². The van der Waals surface area contributed by atoms with Gasteiger partial charge in [0.2, 0.25) is 23.6 Å². The summed E-state index contributed by atoms with van der Waals surface area (Å²) >= 11 is 0. The van der Waals surface area contributed by atoms with Crippen LogP contribution in [0.3, 0.4) is 0 Å². The Labute approximate surface area is 182 Å². The van der Waals surface area contributed by atoms with Crippen molar-refractivity contribution in [3.05, 3.63) is 0 Å². The van der Waals surface area contributed by atoms with Gasteiger partial charge < -0.3 is 31.7 Å². The lowest BCUT2D eigenvalue weighted by Gasteiger charge is -2.31. The summed E-state index contributed by atoms with van der Waals surface area (Å²) in [6.07, 6.45) is 1.36. The molecule has 6 N–H and O–H groups in total. The van der Waals surface area contributed by atoms with Gasteiger partial charge in [0.15, 0.2) is 0 Å².